The summed E-state index contributed by atoms with van der Waals surface area (Å²) in [5.74, 6) is 0.293. The Balaban J connectivity index is 1.82. The molecule has 3 heterocycles. The summed E-state index contributed by atoms with van der Waals surface area (Å²) < 4.78 is 7.08. The van der Waals surface area contributed by atoms with E-state index in [-0.39, 0.29) is 5.56 Å². The predicted molar refractivity (Wildman–Crippen MR) is 102 cm³/mol. The highest BCUT2D eigenvalue weighted by Gasteiger charge is 2.16. The van der Waals surface area contributed by atoms with Gasteiger partial charge in [-0.2, -0.15) is 9.50 Å². The van der Waals surface area contributed by atoms with Crippen LogP contribution in [0.2, 0.25) is 0 Å². The fourth-order valence-electron chi connectivity index (χ4n) is 2.49. The monoisotopic (exact) mass is 383 g/mol. The smallest absolute Gasteiger partial charge is 0.308 e. The fourth-order valence-corrected chi connectivity index (χ4v) is 4.32. The first-order valence-corrected chi connectivity index (χ1v) is 9.46. The van der Waals surface area contributed by atoms with Gasteiger partial charge in [0.2, 0.25) is 4.96 Å². The summed E-state index contributed by atoms with van der Waals surface area (Å²) >= 11 is 2.87. The molecule has 0 saturated heterocycles. The number of carbonyl (C=O) groups excluding carboxylic acids is 1. The number of fused-ring (bicyclic) bond motifs is 1. The molecule has 130 valence electrons. The number of benzene rings is 1. The van der Waals surface area contributed by atoms with Crippen molar-refractivity contribution in [2.24, 2.45) is 0 Å². The Bertz CT molecular complexity index is 1240. The summed E-state index contributed by atoms with van der Waals surface area (Å²) in [5, 5.41) is 6.31. The van der Waals surface area contributed by atoms with E-state index in [4.69, 9.17) is 4.74 Å². The van der Waals surface area contributed by atoms with E-state index in [1.165, 1.54) is 22.8 Å². The van der Waals surface area contributed by atoms with E-state index in [2.05, 4.69) is 10.1 Å². The van der Waals surface area contributed by atoms with Gasteiger partial charge in [-0.05, 0) is 42.1 Å². The molecule has 4 aromatic rings. The van der Waals surface area contributed by atoms with Gasteiger partial charge in [-0.25, -0.2) is 0 Å². The van der Waals surface area contributed by atoms with Crippen LogP contribution in [0, 0.1) is 6.92 Å². The summed E-state index contributed by atoms with van der Waals surface area (Å²) in [6.07, 6.45) is 1.87. The zero-order chi connectivity index (χ0) is 18.3. The zero-order valence-corrected chi connectivity index (χ0v) is 15.6. The van der Waals surface area contributed by atoms with Crippen LogP contribution in [0.15, 0.2) is 40.5 Å². The highest BCUT2D eigenvalue weighted by molar-refractivity contribution is 7.15. The highest BCUT2D eigenvalue weighted by atomic mass is 32.1. The lowest BCUT2D eigenvalue weighted by molar-refractivity contribution is -0.131. The van der Waals surface area contributed by atoms with Crippen LogP contribution < -0.4 is 14.8 Å². The number of thiophene rings is 1. The molecule has 8 heteroatoms. The van der Waals surface area contributed by atoms with Gasteiger partial charge in [-0.15, -0.1) is 16.4 Å². The molecule has 0 atom stereocenters. The first-order valence-electron chi connectivity index (χ1n) is 7.76. The normalized spacial score (nSPS) is 12.0. The van der Waals surface area contributed by atoms with Gasteiger partial charge >= 0.3 is 5.97 Å². The first kappa shape index (κ1) is 16.6. The van der Waals surface area contributed by atoms with Crippen LogP contribution in [-0.4, -0.2) is 20.6 Å². The number of aryl methyl sites for hydroxylation is 1. The number of nitrogens with zero attached hydrogens (tertiary/aromatic N) is 3. The maximum atomic E-state index is 12.6. The summed E-state index contributed by atoms with van der Waals surface area (Å²) in [5.41, 5.74) is 1.49. The van der Waals surface area contributed by atoms with Crippen molar-refractivity contribution in [2.45, 2.75) is 13.8 Å². The molecule has 6 nitrogen and oxygen atoms in total. The van der Waals surface area contributed by atoms with Crippen molar-refractivity contribution in [2.75, 3.05) is 0 Å². The third-order valence-electron chi connectivity index (χ3n) is 3.73. The summed E-state index contributed by atoms with van der Waals surface area (Å²) in [7, 11) is 0. The van der Waals surface area contributed by atoms with Gasteiger partial charge in [-0.1, -0.05) is 23.5 Å². The topological polar surface area (TPSA) is 73.6 Å². The number of para-hydroxylation sites is 1. The molecule has 4 rings (SSSR count). The molecule has 0 fully saturated rings. The van der Waals surface area contributed by atoms with Gasteiger partial charge in [0, 0.05) is 11.8 Å². The highest BCUT2D eigenvalue weighted by Crippen LogP contribution is 2.27. The molecule has 0 radical (unpaired) electrons. The summed E-state index contributed by atoms with van der Waals surface area (Å²) in [6.45, 7) is 3.34. The SMILES string of the molecule is CC(=O)Oc1ccccc1-c1nc2s/c(=C\c3sccc3C)c(=O)n2n1. The minimum Gasteiger partial charge on any atom is -0.426 e. The van der Waals surface area contributed by atoms with E-state index in [0.717, 1.165) is 10.4 Å². The molecule has 0 aliphatic heterocycles. The van der Waals surface area contributed by atoms with Crippen molar-refractivity contribution in [3.63, 3.8) is 0 Å². The van der Waals surface area contributed by atoms with Crippen LogP contribution >= 0.6 is 22.7 Å². The standard InChI is InChI=1S/C18H13N3O3S2/c1-10-7-8-25-14(10)9-15-17(23)21-18(26-15)19-16(20-21)12-5-3-4-6-13(12)24-11(2)22/h3-9H,1-2H3/b15-9-. The second kappa shape index (κ2) is 6.47. The van der Waals surface area contributed by atoms with Gasteiger partial charge in [0.25, 0.3) is 5.56 Å². The number of aromatic nitrogens is 3. The van der Waals surface area contributed by atoms with Crippen molar-refractivity contribution in [1.29, 1.82) is 0 Å². The van der Waals surface area contributed by atoms with Crippen LogP contribution in [0.1, 0.15) is 17.4 Å². The quantitative estimate of drug-likeness (QED) is 0.402. The molecule has 1 aromatic carbocycles. The molecule has 0 saturated carbocycles. The van der Waals surface area contributed by atoms with E-state index in [9.17, 15) is 9.59 Å². The van der Waals surface area contributed by atoms with Crippen LogP contribution in [0.25, 0.3) is 22.4 Å². The van der Waals surface area contributed by atoms with Crippen molar-refractivity contribution in [1.82, 2.24) is 14.6 Å². The van der Waals surface area contributed by atoms with E-state index >= 15 is 0 Å². The zero-order valence-electron chi connectivity index (χ0n) is 13.9. The van der Waals surface area contributed by atoms with Crippen LogP contribution in [0.4, 0.5) is 0 Å². The number of esters is 1. The van der Waals surface area contributed by atoms with Crippen LogP contribution in [-0.2, 0) is 4.79 Å². The number of rotatable bonds is 3. The molecule has 3 aromatic heterocycles. The first-order chi connectivity index (χ1) is 12.5. The fraction of sp³-hybridized carbons (Fsp3) is 0.111. The molecule has 0 aliphatic rings. The van der Waals surface area contributed by atoms with Gasteiger partial charge in [-0.3, -0.25) is 9.59 Å². The average molecular weight is 383 g/mol. The number of carbonyl (C=O) groups is 1. The van der Waals surface area contributed by atoms with Crippen molar-refractivity contribution < 1.29 is 9.53 Å². The van der Waals surface area contributed by atoms with E-state index in [1.807, 2.05) is 24.4 Å². The lowest BCUT2D eigenvalue weighted by Crippen LogP contribution is -2.23. The lowest BCUT2D eigenvalue weighted by Gasteiger charge is -2.04. The van der Waals surface area contributed by atoms with Gasteiger partial charge in [0.1, 0.15) is 5.75 Å². The maximum absolute atomic E-state index is 12.6. The second-order valence-electron chi connectivity index (χ2n) is 5.60. The van der Waals surface area contributed by atoms with Crippen molar-refractivity contribution >= 4 is 39.7 Å². The Labute approximate surface area is 156 Å². The minimum atomic E-state index is -0.425. The van der Waals surface area contributed by atoms with Crippen molar-refractivity contribution in [3.05, 3.63) is 61.0 Å². The number of ether oxygens (including phenoxy) is 1. The number of thiazole rings is 1. The third-order valence-corrected chi connectivity index (χ3v) is 5.65. The van der Waals surface area contributed by atoms with E-state index in [1.54, 1.807) is 35.6 Å². The Hall–Kier alpha value is -2.84. The van der Waals surface area contributed by atoms with Gasteiger partial charge in [0.05, 0.1) is 10.1 Å². The molecule has 26 heavy (non-hydrogen) atoms. The molecule has 0 bridgehead atoms. The Morgan fingerprint density at radius 1 is 1.27 bits per heavy atom. The summed E-state index contributed by atoms with van der Waals surface area (Å²) in [4.78, 5) is 29.9. The van der Waals surface area contributed by atoms with E-state index in [0.29, 0.717) is 26.6 Å². The largest absolute Gasteiger partial charge is 0.426 e. The summed E-state index contributed by atoms with van der Waals surface area (Å²) in [6, 6.07) is 9.00. The molecular weight excluding hydrogens is 370 g/mol. The lowest BCUT2D eigenvalue weighted by atomic mass is 10.2. The molecule has 0 amide bonds. The third kappa shape index (κ3) is 2.93. The molecule has 0 spiro atoms. The van der Waals surface area contributed by atoms with Gasteiger partial charge < -0.3 is 4.74 Å². The second-order valence-corrected chi connectivity index (χ2v) is 7.56. The minimum absolute atomic E-state index is 0.207. The molecular formula is C18H13N3O3S2. The van der Waals surface area contributed by atoms with Crippen molar-refractivity contribution in [3.8, 4) is 17.1 Å². The van der Waals surface area contributed by atoms with E-state index < -0.39 is 5.97 Å². The molecule has 0 unspecified atom stereocenters. The molecule has 0 aliphatic carbocycles. The number of hydrogen-bond acceptors (Lipinski definition) is 7. The predicted octanol–water partition coefficient (Wildman–Crippen LogP) is 2.66. The average Bonchev–Trinajstić information content (AvgIpc) is 3.26. The van der Waals surface area contributed by atoms with Gasteiger partial charge in [0.15, 0.2) is 5.82 Å². The Morgan fingerprint density at radius 3 is 2.77 bits per heavy atom. The Morgan fingerprint density at radius 2 is 2.08 bits per heavy atom. The Kier molecular flexibility index (Phi) is 4.14. The maximum Gasteiger partial charge on any atom is 0.308 e. The van der Waals surface area contributed by atoms with Crippen LogP contribution in [0.3, 0.4) is 0 Å². The van der Waals surface area contributed by atoms with Crippen LogP contribution in [0.5, 0.6) is 5.75 Å². The molecule has 0 N–H and O–H groups in total. The number of hydrogen-bond donors (Lipinski definition) is 0.